The van der Waals surface area contributed by atoms with Crippen LogP contribution in [-0.2, 0) is 15.7 Å². The Morgan fingerprint density at radius 1 is 1.28 bits per heavy atom. The number of carbonyl (C=O) groups excluding carboxylic acids is 1. The summed E-state index contributed by atoms with van der Waals surface area (Å²) < 4.78 is 46.6. The van der Waals surface area contributed by atoms with E-state index in [4.69, 9.17) is 4.74 Å². The first kappa shape index (κ1) is 14.3. The predicted octanol–water partition coefficient (Wildman–Crippen LogP) is 3.04. The molecule has 1 unspecified atom stereocenters. The fraction of sp³-hybridized carbons (Fsp3) is 0.417. The van der Waals surface area contributed by atoms with Gasteiger partial charge in [-0.15, -0.1) is 0 Å². The smallest absolute Gasteiger partial charge is 0.416 e. The lowest BCUT2D eigenvalue weighted by Crippen LogP contribution is -2.18. The van der Waals surface area contributed by atoms with Gasteiger partial charge in [0.05, 0.1) is 19.1 Å². The van der Waals surface area contributed by atoms with Gasteiger partial charge in [-0.1, -0.05) is 0 Å². The van der Waals surface area contributed by atoms with Gasteiger partial charge in [0, 0.05) is 0 Å². The van der Waals surface area contributed by atoms with Gasteiger partial charge >= 0.3 is 12.1 Å². The Morgan fingerprint density at radius 3 is 2.28 bits per heavy atom. The lowest BCUT2D eigenvalue weighted by atomic mass is 10.2. The van der Waals surface area contributed by atoms with E-state index in [2.05, 4.69) is 4.74 Å². The maximum absolute atomic E-state index is 12.3. The summed E-state index contributed by atoms with van der Waals surface area (Å²) in [5, 5.41) is 0. The number of carbonyl (C=O) groups is 1. The monoisotopic (exact) mass is 262 g/mol. The molecule has 0 radical (unpaired) electrons. The van der Waals surface area contributed by atoms with Gasteiger partial charge in [0.25, 0.3) is 0 Å². The Labute approximate surface area is 103 Å². The summed E-state index contributed by atoms with van der Waals surface area (Å²) >= 11 is 0. The molecule has 1 aromatic carbocycles. The average molecular weight is 262 g/mol. The molecule has 0 aliphatic rings. The SMILES string of the molecule is COC(=O)CC(C)Oc1ccc(C(F)(F)F)cc1. The van der Waals surface area contributed by atoms with Crippen LogP contribution in [0.2, 0.25) is 0 Å². The number of alkyl halides is 3. The second-order valence-corrected chi connectivity index (χ2v) is 3.73. The fourth-order valence-corrected chi connectivity index (χ4v) is 1.31. The average Bonchev–Trinajstić information content (AvgIpc) is 2.28. The Kier molecular flexibility index (Phi) is 4.58. The van der Waals surface area contributed by atoms with Crippen LogP contribution >= 0.6 is 0 Å². The van der Waals surface area contributed by atoms with Crippen molar-refractivity contribution < 1.29 is 27.4 Å². The molecule has 0 N–H and O–H groups in total. The van der Waals surface area contributed by atoms with E-state index in [0.29, 0.717) is 0 Å². The van der Waals surface area contributed by atoms with Gasteiger partial charge < -0.3 is 9.47 Å². The van der Waals surface area contributed by atoms with E-state index in [0.717, 1.165) is 12.1 Å². The van der Waals surface area contributed by atoms with Crippen molar-refractivity contribution >= 4 is 5.97 Å². The van der Waals surface area contributed by atoms with Crippen LogP contribution in [0.5, 0.6) is 5.75 Å². The summed E-state index contributed by atoms with van der Waals surface area (Å²) in [7, 11) is 1.26. The minimum absolute atomic E-state index is 0.0392. The molecular weight excluding hydrogens is 249 g/mol. The van der Waals surface area contributed by atoms with Crippen molar-refractivity contribution in [3.8, 4) is 5.75 Å². The standard InChI is InChI=1S/C12H13F3O3/c1-8(7-11(16)17-2)18-10-5-3-9(4-6-10)12(13,14)15/h3-6,8H,7H2,1-2H3. The summed E-state index contributed by atoms with van der Waals surface area (Å²) in [4.78, 5) is 10.9. The van der Waals surface area contributed by atoms with E-state index in [1.807, 2.05) is 0 Å². The molecule has 0 amide bonds. The van der Waals surface area contributed by atoms with Crippen LogP contribution in [0.3, 0.4) is 0 Å². The molecule has 0 saturated heterocycles. The maximum atomic E-state index is 12.3. The fourth-order valence-electron chi connectivity index (χ4n) is 1.31. The van der Waals surface area contributed by atoms with Crippen LogP contribution in [0.1, 0.15) is 18.9 Å². The Bertz CT molecular complexity index is 398. The lowest BCUT2D eigenvalue weighted by Gasteiger charge is -2.14. The topological polar surface area (TPSA) is 35.5 Å². The molecule has 0 fully saturated rings. The highest BCUT2D eigenvalue weighted by molar-refractivity contribution is 5.69. The maximum Gasteiger partial charge on any atom is 0.416 e. The molecule has 100 valence electrons. The van der Waals surface area contributed by atoms with E-state index in [9.17, 15) is 18.0 Å². The summed E-state index contributed by atoms with van der Waals surface area (Å²) in [6.07, 6.45) is -4.79. The molecule has 0 saturated carbocycles. The van der Waals surface area contributed by atoms with Gasteiger partial charge in [0.2, 0.25) is 0 Å². The number of esters is 1. The molecule has 0 aliphatic carbocycles. The van der Waals surface area contributed by atoms with E-state index in [1.165, 1.54) is 19.2 Å². The summed E-state index contributed by atoms with van der Waals surface area (Å²) in [6.45, 7) is 1.63. The lowest BCUT2D eigenvalue weighted by molar-refractivity contribution is -0.142. The van der Waals surface area contributed by atoms with Crippen molar-refractivity contribution in [2.24, 2.45) is 0 Å². The molecular formula is C12H13F3O3. The Balaban J connectivity index is 2.61. The molecule has 1 rings (SSSR count). The van der Waals surface area contributed by atoms with Gasteiger partial charge in [0.1, 0.15) is 11.9 Å². The largest absolute Gasteiger partial charge is 0.490 e. The molecule has 1 aromatic rings. The van der Waals surface area contributed by atoms with E-state index >= 15 is 0 Å². The third-order valence-electron chi connectivity index (χ3n) is 2.20. The minimum atomic E-state index is -4.36. The normalized spacial score (nSPS) is 12.9. The number of halogens is 3. The molecule has 0 aromatic heterocycles. The molecule has 0 spiro atoms. The van der Waals surface area contributed by atoms with Crippen LogP contribution in [0.4, 0.5) is 13.2 Å². The molecule has 0 aliphatic heterocycles. The minimum Gasteiger partial charge on any atom is -0.490 e. The van der Waals surface area contributed by atoms with Crippen molar-refractivity contribution in [1.29, 1.82) is 0 Å². The van der Waals surface area contributed by atoms with Gasteiger partial charge in [-0.3, -0.25) is 4.79 Å². The van der Waals surface area contributed by atoms with Crippen LogP contribution in [0, 0.1) is 0 Å². The Hall–Kier alpha value is -1.72. The third kappa shape index (κ3) is 4.27. The summed E-state index contributed by atoms with van der Waals surface area (Å²) in [5.74, 6) is -0.159. The van der Waals surface area contributed by atoms with Crippen LogP contribution in [0.15, 0.2) is 24.3 Å². The molecule has 6 heteroatoms. The molecule has 1 atom stereocenters. The zero-order valence-electron chi connectivity index (χ0n) is 9.95. The van der Waals surface area contributed by atoms with Crippen molar-refractivity contribution in [3.63, 3.8) is 0 Å². The van der Waals surface area contributed by atoms with Crippen molar-refractivity contribution in [1.82, 2.24) is 0 Å². The van der Waals surface area contributed by atoms with Gasteiger partial charge in [0.15, 0.2) is 0 Å². The van der Waals surface area contributed by atoms with Crippen molar-refractivity contribution in [3.05, 3.63) is 29.8 Å². The highest BCUT2D eigenvalue weighted by atomic mass is 19.4. The zero-order valence-corrected chi connectivity index (χ0v) is 9.95. The van der Waals surface area contributed by atoms with Crippen LogP contribution in [-0.4, -0.2) is 19.2 Å². The van der Waals surface area contributed by atoms with Crippen LogP contribution in [0.25, 0.3) is 0 Å². The second-order valence-electron chi connectivity index (χ2n) is 3.73. The number of hydrogen-bond donors (Lipinski definition) is 0. The number of ether oxygens (including phenoxy) is 2. The molecule has 0 bridgehead atoms. The highest BCUT2D eigenvalue weighted by Crippen LogP contribution is 2.30. The summed E-state index contributed by atoms with van der Waals surface area (Å²) in [6, 6.07) is 4.30. The quantitative estimate of drug-likeness (QED) is 0.782. The van der Waals surface area contributed by atoms with Crippen molar-refractivity contribution in [2.75, 3.05) is 7.11 Å². The van der Waals surface area contributed by atoms with Crippen molar-refractivity contribution in [2.45, 2.75) is 25.6 Å². The number of hydrogen-bond acceptors (Lipinski definition) is 3. The molecule has 3 nitrogen and oxygen atoms in total. The van der Waals surface area contributed by atoms with E-state index in [-0.39, 0.29) is 12.2 Å². The third-order valence-corrected chi connectivity index (χ3v) is 2.20. The zero-order chi connectivity index (χ0) is 13.8. The van der Waals surface area contributed by atoms with Gasteiger partial charge in [-0.2, -0.15) is 13.2 Å². The number of rotatable bonds is 4. The first-order valence-corrected chi connectivity index (χ1v) is 5.23. The van der Waals surface area contributed by atoms with Gasteiger partial charge in [-0.05, 0) is 31.2 Å². The summed E-state index contributed by atoms with van der Waals surface area (Å²) in [5.41, 5.74) is -0.740. The van der Waals surface area contributed by atoms with Gasteiger partial charge in [-0.25, -0.2) is 0 Å². The Morgan fingerprint density at radius 2 is 1.83 bits per heavy atom. The highest BCUT2D eigenvalue weighted by Gasteiger charge is 2.30. The number of benzene rings is 1. The van der Waals surface area contributed by atoms with E-state index < -0.39 is 23.8 Å². The second kappa shape index (κ2) is 5.75. The molecule has 18 heavy (non-hydrogen) atoms. The number of methoxy groups -OCH3 is 1. The first-order valence-electron chi connectivity index (χ1n) is 5.23. The van der Waals surface area contributed by atoms with Crippen LogP contribution < -0.4 is 4.74 Å². The van der Waals surface area contributed by atoms with E-state index in [1.54, 1.807) is 6.92 Å². The first-order chi connectivity index (χ1) is 8.32. The predicted molar refractivity (Wildman–Crippen MR) is 58.2 cm³/mol. The molecule has 0 heterocycles.